The second-order valence-corrected chi connectivity index (χ2v) is 4.81. The van der Waals surface area contributed by atoms with Gasteiger partial charge in [-0.1, -0.05) is 24.3 Å². The van der Waals surface area contributed by atoms with E-state index in [4.69, 9.17) is 4.74 Å². The smallest absolute Gasteiger partial charge is 0.272 e. The summed E-state index contributed by atoms with van der Waals surface area (Å²) in [7, 11) is 1.60. The van der Waals surface area contributed by atoms with Crippen molar-refractivity contribution in [1.82, 2.24) is 5.43 Å². The number of carbonyl (C=O) groups excluding carboxylic acids is 1. The molecule has 2 rings (SSSR count). The number of hydrazone groups is 1. The Kier molecular flexibility index (Phi) is 4.90. The van der Waals surface area contributed by atoms with Gasteiger partial charge in [0.15, 0.2) is 0 Å². The van der Waals surface area contributed by atoms with Crippen molar-refractivity contribution in [3.63, 3.8) is 0 Å². The SMILES string of the molecule is COc1cccc(/C=N/NC(=O)c2ccccc2Br)c1. The molecule has 1 N–H and O–H groups in total. The van der Waals surface area contributed by atoms with Crippen molar-refractivity contribution in [3.8, 4) is 5.75 Å². The van der Waals surface area contributed by atoms with Gasteiger partial charge in [-0.2, -0.15) is 5.10 Å². The molecule has 0 aliphatic rings. The molecule has 0 atom stereocenters. The molecule has 0 aliphatic heterocycles. The van der Waals surface area contributed by atoms with Gasteiger partial charge in [0.05, 0.1) is 18.9 Å². The van der Waals surface area contributed by atoms with E-state index in [2.05, 4.69) is 26.5 Å². The van der Waals surface area contributed by atoms with Crippen LogP contribution in [0.15, 0.2) is 58.1 Å². The van der Waals surface area contributed by atoms with Gasteiger partial charge >= 0.3 is 0 Å². The number of carbonyl (C=O) groups is 1. The quantitative estimate of drug-likeness (QED) is 0.690. The summed E-state index contributed by atoms with van der Waals surface area (Å²) in [4.78, 5) is 11.9. The Bertz CT molecular complexity index is 641. The van der Waals surface area contributed by atoms with E-state index in [0.717, 1.165) is 15.8 Å². The maximum Gasteiger partial charge on any atom is 0.272 e. The van der Waals surface area contributed by atoms with Crippen molar-refractivity contribution in [2.45, 2.75) is 0 Å². The van der Waals surface area contributed by atoms with Crippen LogP contribution in [0.3, 0.4) is 0 Å². The highest BCUT2D eigenvalue weighted by atomic mass is 79.9. The van der Waals surface area contributed by atoms with Gasteiger partial charge in [-0.05, 0) is 45.8 Å². The zero-order valence-electron chi connectivity index (χ0n) is 10.8. The fourth-order valence-corrected chi connectivity index (χ4v) is 2.06. The Morgan fingerprint density at radius 3 is 2.80 bits per heavy atom. The standard InChI is InChI=1S/C15H13BrN2O2/c1-20-12-6-4-5-11(9-12)10-17-18-15(19)13-7-2-3-8-14(13)16/h2-10H,1H3,(H,18,19)/b17-10+. The Labute approximate surface area is 125 Å². The predicted molar refractivity (Wildman–Crippen MR) is 82.2 cm³/mol. The number of hydrogen-bond donors (Lipinski definition) is 1. The minimum atomic E-state index is -0.267. The third-order valence-corrected chi connectivity index (χ3v) is 3.28. The van der Waals surface area contributed by atoms with Crippen molar-refractivity contribution in [2.75, 3.05) is 7.11 Å². The van der Waals surface area contributed by atoms with Gasteiger partial charge in [-0.15, -0.1) is 0 Å². The van der Waals surface area contributed by atoms with Crippen LogP contribution in [0, 0.1) is 0 Å². The van der Waals surface area contributed by atoms with Crippen LogP contribution in [0.5, 0.6) is 5.75 Å². The predicted octanol–water partition coefficient (Wildman–Crippen LogP) is 3.22. The zero-order valence-corrected chi connectivity index (χ0v) is 12.4. The highest BCUT2D eigenvalue weighted by molar-refractivity contribution is 9.10. The lowest BCUT2D eigenvalue weighted by atomic mass is 10.2. The summed E-state index contributed by atoms with van der Waals surface area (Å²) in [5.74, 6) is 0.475. The second kappa shape index (κ2) is 6.86. The fraction of sp³-hybridized carbons (Fsp3) is 0.0667. The first-order valence-electron chi connectivity index (χ1n) is 5.92. The Morgan fingerprint density at radius 2 is 2.05 bits per heavy atom. The molecule has 5 heteroatoms. The fourth-order valence-electron chi connectivity index (χ4n) is 1.59. The Morgan fingerprint density at radius 1 is 1.25 bits per heavy atom. The summed E-state index contributed by atoms with van der Waals surface area (Å²) < 4.78 is 5.84. The van der Waals surface area contributed by atoms with Gasteiger partial charge in [-0.25, -0.2) is 5.43 Å². The van der Waals surface area contributed by atoms with E-state index >= 15 is 0 Å². The summed E-state index contributed by atoms with van der Waals surface area (Å²) in [6.45, 7) is 0. The third kappa shape index (κ3) is 3.68. The van der Waals surface area contributed by atoms with E-state index in [-0.39, 0.29) is 5.91 Å². The molecule has 0 heterocycles. The molecule has 0 aromatic heterocycles. The Balaban J connectivity index is 2.03. The lowest BCUT2D eigenvalue weighted by Gasteiger charge is -2.02. The summed E-state index contributed by atoms with van der Waals surface area (Å²) in [6.07, 6.45) is 1.57. The normalized spacial score (nSPS) is 10.5. The number of halogens is 1. The molecule has 4 nitrogen and oxygen atoms in total. The lowest BCUT2D eigenvalue weighted by molar-refractivity contribution is 0.0954. The molecule has 0 saturated carbocycles. The average molecular weight is 333 g/mol. The first-order valence-corrected chi connectivity index (χ1v) is 6.72. The number of nitrogens with zero attached hydrogens (tertiary/aromatic N) is 1. The second-order valence-electron chi connectivity index (χ2n) is 3.96. The Hall–Kier alpha value is -2.14. The first kappa shape index (κ1) is 14.3. The molecule has 102 valence electrons. The number of nitrogens with one attached hydrogen (secondary N) is 1. The topological polar surface area (TPSA) is 50.7 Å². The molecular weight excluding hydrogens is 320 g/mol. The van der Waals surface area contributed by atoms with Gasteiger partial charge in [0.1, 0.15) is 5.75 Å². The number of ether oxygens (including phenoxy) is 1. The summed E-state index contributed by atoms with van der Waals surface area (Å²) in [5, 5.41) is 3.93. The molecule has 1 amide bonds. The van der Waals surface area contributed by atoms with Crippen molar-refractivity contribution < 1.29 is 9.53 Å². The van der Waals surface area contributed by atoms with Gasteiger partial charge in [-0.3, -0.25) is 4.79 Å². The highest BCUT2D eigenvalue weighted by Gasteiger charge is 2.07. The number of methoxy groups -OCH3 is 1. The third-order valence-electron chi connectivity index (χ3n) is 2.59. The molecule has 0 radical (unpaired) electrons. The first-order chi connectivity index (χ1) is 9.70. The van der Waals surface area contributed by atoms with Crippen molar-refractivity contribution >= 4 is 28.1 Å². The van der Waals surface area contributed by atoms with Crippen molar-refractivity contribution in [1.29, 1.82) is 0 Å². The van der Waals surface area contributed by atoms with Gasteiger partial charge < -0.3 is 4.74 Å². The van der Waals surface area contributed by atoms with E-state index in [1.165, 1.54) is 0 Å². The number of amides is 1. The molecule has 0 spiro atoms. The van der Waals surface area contributed by atoms with E-state index < -0.39 is 0 Å². The van der Waals surface area contributed by atoms with Crippen molar-refractivity contribution in [2.24, 2.45) is 5.10 Å². The monoisotopic (exact) mass is 332 g/mol. The largest absolute Gasteiger partial charge is 0.497 e. The van der Waals surface area contributed by atoms with E-state index in [1.807, 2.05) is 30.3 Å². The van der Waals surface area contributed by atoms with E-state index in [1.54, 1.807) is 31.5 Å². The van der Waals surface area contributed by atoms with Crippen LogP contribution >= 0.6 is 15.9 Å². The van der Waals surface area contributed by atoms with Crippen LogP contribution in [0.25, 0.3) is 0 Å². The zero-order chi connectivity index (χ0) is 14.4. The number of hydrogen-bond acceptors (Lipinski definition) is 3. The molecular formula is C15H13BrN2O2. The van der Waals surface area contributed by atoms with Crippen molar-refractivity contribution in [3.05, 3.63) is 64.1 Å². The van der Waals surface area contributed by atoms with Crippen LogP contribution in [0.4, 0.5) is 0 Å². The number of benzene rings is 2. The maximum absolute atomic E-state index is 11.9. The molecule has 2 aromatic carbocycles. The number of rotatable bonds is 4. The van der Waals surface area contributed by atoms with Crippen LogP contribution in [-0.2, 0) is 0 Å². The lowest BCUT2D eigenvalue weighted by Crippen LogP contribution is -2.18. The van der Waals surface area contributed by atoms with Crippen LogP contribution < -0.4 is 10.2 Å². The van der Waals surface area contributed by atoms with Crippen LogP contribution in [0.1, 0.15) is 15.9 Å². The van der Waals surface area contributed by atoms with E-state index in [0.29, 0.717) is 5.56 Å². The van der Waals surface area contributed by atoms with Gasteiger partial charge in [0.2, 0.25) is 0 Å². The molecule has 0 unspecified atom stereocenters. The maximum atomic E-state index is 11.9. The molecule has 20 heavy (non-hydrogen) atoms. The summed E-state index contributed by atoms with van der Waals surface area (Å²) in [6, 6.07) is 14.6. The average Bonchev–Trinajstić information content (AvgIpc) is 2.48. The summed E-state index contributed by atoms with van der Waals surface area (Å²) in [5.41, 5.74) is 3.87. The van der Waals surface area contributed by atoms with Gasteiger partial charge in [0, 0.05) is 4.47 Å². The highest BCUT2D eigenvalue weighted by Crippen LogP contribution is 2.15. The molecule has 2 aromatic rings. The van der Waals surface area contributed by atoms with E-state index in [9.17, 15) is 4.79 Å². The molecule has 0 bridgehead atoms. The molecule has 0 aliphatic carbocycles. The van der Waals surface area contributed by atoms with Gasteiger partial charge in [0.25, 0.3) is 5.91 Å². The minimum Gasteiger partial charge on any atom is -0.497 e. The van der Waals surface area contributed by atoms with Crippen LogP contribution in [0.2, 0.25) is 0 Å². The molecule has 0 saturated heterocycles. The minimum absolute atomic E-state index is 0.267. The summed E-state index contributed by atoms with van der Waals surface area (Å²) >= 11 is 3.32. The molecule has 0 fully saturated rings. The van der Waals surface area contributed by atoms with Crippen LogP contribution in [-0.4, -0.2) is 19.2 Å².